The Hall–Kier alpha value is -8.46. The first-order valence-corrected chi connectivity index (χ1v) is 53.9. The molecule has 3 aromatic carbocycles. The first kappa shape index (κ1) is 133. The number of amides is 1. The summed E-state index contributed by atoms with van der Waals surface area (Å²) in [6, 6.07) is 27.9. The zero-order chi connectivity index (χ0) is 113. The number of likely N-dealkylation sites (N-methyl/N-ethyl adjacent to an activating group) is 1. The Morgan fingerprint density at radius 1 is 0.313 bits per heavy atom. The van der Waals surface area contributed by atoms with Crippen LogP contribution >= 0.6 is 0 Å². The molecule has 2 bridgehead atoms. The van der Waals surface area contributed by atoms with Crippen molar-refractivity contribution < 1.29 is 113 Å². The molecule has 4 aliphatic heterocycles. The minimum Gasteiger partial charge on any atom is -0.462 e. The molecule has 838 valence electrons. The van der Waals surface area contributed by atoms with E-state index >= 15 is 0 Å². The predicted molar refractivity (Wildman–Crippen MR) is 575 cm³/mol. The van der Waals surface area contributed by atoms with Crippen molar-refractivity contribution in [3.8, 4) is 11.5 Å². The number of rotatable bonds is 12. The number of nitrogens with zero attached hydrogens (tertiary/aromatic N) is 2. The number of carbonyl (C=O) groups is 11. The fourth-order valence-electron chi connectivity index (χ4n) is 15.8. The number of alkyl halides is 3. The molecule has 0 aromatic heterocycles. The summed E-state index contributed by atoms with van der Waals surface area (Å²) in [6.45, 7) is 72.0. The summed E-state index contributed by atoms with van der Waals surface area (Å²) in [5.74, 6) is 0.360. The lowest BCUT2D eigenvalue weighted by atomic mass is 9.55. The van der Waals surface area contributed by atoms with E-state index in [-0.39, 0.29) is 147 Å². The Labute approximate surface area is 883 Å². The molecule has 1 N–H and O–H groups in total. The van der Waals surface area contributed by atoms with Gasteiger partial charge in [-0.2, -0.15) is 0 Å². The Kier molecular flexibility index (Phi) is 51.2. The number of nitrogens with one attached hydrogen (secondary N) is 1. The number of para-hydroxylation sites is 2. The van der Waals surface area contributed by atoms with Gasteiger partial charge in [-0.1, -0.05) is 73.2 Å². The maximum atomic E-state index is 13.5. The lowest BCUT2D eigenvalue weighted by molar-refractivity contribution is -0.176. The Morgan fingerprint density at radius 3 is 0.891 bits per heavy atom. The summed E-state index contributed by atoms with van der Waals surface area (Å²) in [6.07, 6.45) is 23.1. The molecule has 27 heteroatoms. The highest BCUT2D eigenvalue weighted by Crippen LogP contribution is 2.57. The molecule has 1 amide bonds. The van der Waals surface area contributed by atoms with Crippen LogP contribution < -0.4 is 14.8 Å². The van der Waals surface area contributed by atoms with Gasteiger partial charge in [-0.3, -0.25) is 57.6 Å². The van der Waals surface area contributed by atoms with Crippen LogP contribution in [-0.2, 0) is 97.2 Å². The topological polar surface area (TPSA) is 299 Å². The van der Waals surface area contributed by atoms with Crippen LogP contribution in [0.1, 0.15) is 409 Å². The molecule has 4 heterocycles. The van der Waals surface area contributed by atoms with Gasteiger partial charge < -0.3 is 57.6 Å². The van der Waals surface area contributed by atoms with Crippen molar-refractivity contribution in [2.45, 2.75) is 475 Å². The third kappa shape index (κ3) is 53.9. The van der Waals surface area contributed by atoms with Crippen LogP contribution in [0, 0.1) is 71.4 Å². The van der Waals surface area contributed by atoms with E-state index in [1.54, 1.807) is 58.9 Å². The third-order valence-corrected chi connectivity index (χ3v) is 25.9. The van der Waals surface area contributed by atoms with E-state index in [1.165, 1.54) is 77.8 Å². The molecule has 1 spiro atoms. The molecule has 11 fully saturated rings. The largest absolute Gasteiger partial charge is 0.462 e. The van der Waals surface area contributed by atoms with E-state index in [2.05, 4.69) is 15.1 Å². The smallest absolute Gasteiger partial charge is 0.316 e. The number of fused-ring (bicyclic) bond motifs is 3. The van der Waals surface area contributed by atoms with Gasteiger partial charge in [0.05, 0.1) is 54.1 Å². The molecule has 2 atom stereocenters. The SMILES string of the molecule is CC(C)(C)C(=O)OC1CC2(CCC2)C1.CC(C)(C)C(=O)OC1CCCC1.CC(C)(C)C(=O)OC1CCCC1.CC(C)(C)C(=O)OC1CN2CCC1CC2.CC(C)(C)C(=O)OCc1ccccc1.CC(C)(C)C(=O)Oc1ccccc1.CC(C)(C)C(=O)Oc1ccccc1.CC1(F)CC(C(=O)NC(C)(C)C)C1.CC1(F)CC(OC(=O)C(C)(C)C)C1.CC1(F)CCC(OC(=O)C(C)(C)C)CC1.CN1CCC(OC(=O)C(C)(C)C)C1. The Morgan fingerprint density at radius 2 is 0.612 bits per heavy atom. The molecule has 0 radical (unpaired) electrons. The van der Waals surface area contributed by atoms with E-state index in [9.17, 15) is 65.9 Å². The molecule has 3 aromatic rings. The van der Waals surface area contributed by atoms with Crippen molar-refractivity contribution in [2.24, 2.45) is 71.4 Å². The first-order valence-electron chi connectivity index (χ1n) is 53.9. The number of halogens is 3. The van der Waals surface area contributed by atoms with Crippen molar-refractivity contribution in [1.29, 1.82) is 0 Å². The van der Waals surface area contributed by atoms with Crippen LogP contribution in [0.5, 0.6) is 11.5 Å². The van der Waals surface area contributed by atoms with E-state index in [1.807, 2.05) is 281 Å². The minimum absolute atomic E-state index is 0.0115. The molecule has 4 saturated heterocycles. The van der Waals surface area contributed by atoms with Gasteiger partial charge in [0.15, 0.2) is 0 Å². The first-order chi connectivity index (χ1) is 66.9. The lowest BCUT2D eigenvalue weighted by Gasteiger charge is -2.53. The summed E-state index contributed by atoms with van der Waals surface area (Å²) < 4.78 is 92.5. The molecule has 7 saturated carbocycles. The van der Waals surface area contributed by atoms with Crippen LogP contribution in [0.2, 0.25) is 0 Å². The molecule has 24 nitrogen and oxygen atoms in total. The molecule has 14 rings (SSSR count). The van der Waals surface area contributed by atoms with Crippen LogP contribution in [-0.4, -0.2) is 180 Å². The fraction of sp³-hybridized carbons (Fsp3) is 0.758. The molecule has 11 aliphatic rings. The second-order valence-electron chi connectivity index (χ2n) is 54.2. The summed E-state index contributed by atoms with van der Waals surface area (Å²) in [7, 11) is 2.05. The molecular formula is C120H196F3N3O21. The average Bonchev–Trinajstić information content (AvgIpc) is 0.872. The average molecular weight is 2070 g/mol. The Bertz CT molecular complexity index is 4390. The van der Waals surface area contributed by atoms with Crippen molar-refractivity contribution in [1.82, 2.24) is 15.1 Å². The van der Waals surface area contributed by atoms with Gasteiger partial charge in [0.1, 0.15) is 77.8 Å². The van der Waals surface area contributed by atoms with Crippen molar-refractivity contribution in [3.63, 3.8) is 0 Å². The van der Waals surface area contributed by atoms with Crippen LogP contribution in [0.15, 0.2) is 91.0 Å². The van der Waals surface area contributed by atoms with Crippen molar-refractivity contribution in [3.05, 3.63) is 96.6 Å². The molecule has 7 aliphatic carbocycles. The standard InChI is InChI=1S/C12H21FO2.C12H21NO2.C12H20O2.C12H16O2.2C11H14O2.C10H18FNO.C10H17FO2.C10H19NO2.2C10H18O2/c1-11(2,3)10(14)15-9-5-7-12(4,13)8-6-9;1-12(2,3)11(14)15-10-8-13-6-4-9(10)5-7-13;1-11(2,3)10(13)14-9-7-12(8-9)5-4-6-12;1-12(2,3)11(13)14-9-10-7-5-4-6-8-10;2*1-11(2,3)10(12)13-9-7-5-4-6-8-9;1-9(2,3)12-8(13)7-5-10(4,11)6-7;1-9(2,3)8(12)13-7-5-10(4,11)6-7;1-10(2,3)9(12)13-8-5-6-11(4)7-8;2*1-10(2,3)9(11)12-8-6-4-5-7-8/h9H,5-8H2,1-4H3;9-10H,4-8H2,1-3H3;9H,4-8H2,1-3H3;4-8H,9H2,1-3H3;2*4-8H,1-3H3;7H,5-6H2,1-4H3,(H,12,13);7H,5-6H2,1-4H3;8H,5-7H2,1-4H3;2*8H,4-7H2,1-3H3. The highest BCUT2D eigenvalue weighted by molar-refractivity contribution is 5.82. The molecule has 2 unspecified atom stereocenters. The zero-order valence-electron chi connectivity index (χ0n) is 97.7. The number of hydrogen-bond donors (Lipinski definition) is 1. The summed E-state index contributed by atoms with van der Waals surface area (Å²) in [5, 5.41) is 2.85. The highest BCUT2D eigenvalue weighted by Gasteiger charge is 2.51. The van der Waals surface area contributed by atoms with Gasteiger partial charge in [0, 0.05) is 43.9 Å². The number of hydrogen-bond acceptors (Lipinski definition) is 23. The van der Waals surface area contributed by atoms with Gasteiger partial charge in [0.25, 0.3) is 0 Å². The van der Waals surface area contributed by atoms with Gasteiger partial charge >= 0.3 is 59.7 Å². The Balaban J connectivity index is 0.000000416. The monoisotopic (exact) mass is 2070 g/mol. The number of likely N-dealkylation sites (tertiary alicyclic amines) is 1. The normalized spacial score (nSPS) is 23.7. The maximum Gasteiger partial charge on any atom is 0.316 e. The second kappa shape index (κ2) is 56.8. The number of esters is 10. The zero-order valence-corrected chi connectivity index (χ0v) is 97.7. The fourth-order valence-corrected chi connectivity index (χ4v) is 15.8. The summed E-state index contributed by atoms with van der Waals surface area (Å²) in [4.78, 5) is 131. The van der Waals surface area contributed by atoms with Crippen LogP contribution in [0.3, 0.4) is 0 Å². The lowest BCUT2D eigenvalue weighted by Crippen LogP contribution is -2.52. The van der Waals surface area contributed by atoms with Gasteiger partial charge in [-0.25, -0.2) is 13.2 Å². The maximum absolute atomic E-state index is 13.5. The van der Waals surface area contributed by atoms with Crippen molar-refractivity contribution >= 4 is 65.6 Å². The van der Waals surface area contributed by atoms with E-state index in [0.717, 1.165) is 70.1 Å². The van der Waals surface area contributed by atoms with E-state index in [4.69, 9.17) is 47.4 Å². The predicted octanol–water partition coefficient (Wildman–Crippen LogP) is 26.7. The second-order valence-corrected chi connectivity index (χ2v) is 54.2. The van der Waals surface area contributed by atoms with E-state index in [0.29, 0.717) is 80.8 Å². The highest BCUT2D eigenvalue weighted by atomic mass is 19.2. The quantitative estimate of drug-likeness (QED) is 0.100. The number of carbonyl (C=O) groups excluding carboxylic acids is 11. The summed E-state index contributed by atoms with van der Waals surface area (Å²) in [5.41, 5.74) is -5.93. The molecule has 147 heavy (non-hydrogen) atoms. The third-order valence-electron chi connectivity index (χ3n) is 25.9. The van der Waals surface area contributed by atoms with E-state index < -0.39 is 44.1 Å². The number of piperidine rings is 3. The summed E-state index contributed by atoms with van der Waals surface area (Å²) >= 11 is 0. The minimum atomic E-state index is -1.12. The number of benzene rings is 3. The van der Waals surface area contributed by atoms with Gasteiger partial charge in [-0.15, -0.1) is 0 Å². The van der Waals surface area contributed by atoms with Crippen LogP contribution in [0.25, 0.3) is 0 Å². The van der Waals surface area contributed by atoms with Gasteiger partial charge in [-0.05, 0) is 445 Å². The number of ether oxygens (including phenoxy) is 10. The van der Waals surface area contributed by atoms with Crippen LogP contribution in [0.4, 0.5) is 13.2 Å². The van der Waals surface area contributed by atoms with Gasteiger partial charge in [0.2, 0.25) is 5.91 Å². The van der Waals surface area contributed by atoms with Crippen molar-refractivity contribution in [2.75, 3.05) is 39.8 Å². The molecular weight excluding hydrogens is 1880 g/mol.